The molecular formula is C14H22N2O3S. The summed E-state index contributed by atoms with van der Waals surface area (Å²) in [4.78, 5) is 26.7. The highest BCUT2D eigenvalue weighted by Gasteiger charge is 2.22. The second-order valence-electron chi connectivity index (χ2n) is 5.59. The van der Waals surface area contributed by atoms with Gasteiger partial charge in [-0.15, -0.1) is 0 Å². The van der Waals surface area contributed by atoms with Crippen LogP contribution >= 0.6 is 11.3 Å². The molecule has 0 spiro atoms. The van der Waals surface area contributed by atoms with E-state index in [9.17, 15) is 9.59 Å². The van der Waals surface area contributed by atoms with E-state index in [4.69, 9.17) is 5.11 Å². The fraction of sp³-hybridized carbons (Fsp3) is 0.643. The summed E-state index contributed by atoms with van der Waals surface area (Å²) in [6.45, 7) is 10.7. The molecule has 0 saturated carbocycles. The number of carboxylic acid groups (broad SMARTS) is 1. The molecule has 0 unspecified atom stereocenters. The van der Waals surface area contributed by atoms with Gasteiger partial charge in [-0.1, -0.05) is 39.0 Å². The van der Waals surface area contributed by atoms with Crippen LogP contribution in [-0.4, -0.2) is 28.4 Å². The van der Waals surface area contributed by atoms with Gasteiger partial charge in [0.05, 0.1) is 0 Å². The smallest absolute Gasteiger partial charge is 0.356 e. The van der Waals surface area contributed by atoms with E-state index in [1.54, 1.807) is 0 Å². The molecule has 0 bridgehead atoms. The van der Waals surface area contributed by atoms with Crippen molar-refractivity contribution in [3.8, 4) is 0 Å². The van der Waals surface area contributed by atoms with Gasteiger partial charge < -0.3 is 10.4 Å². The molecule has 0 aliphatic rings. The summed E-state index contributed by atoms with van der Waals surface area (Å²) in [6.07, 6.45) is 0. The van der Waals surface area contributed by atoms with Crippen molar-refractivity contribution in [2.75, 3.05) is 11.9 Å². The Morgan fingerprint density at radius 1 is 1.25 bits per heavy atom. The van der Waals surface area contributed by atoms with E-state index in [1.807, 2.05) is 0 Å². The van der Waals surface area contributed by atoms with Crippen molar-refractivity contribution in [1.29, 1.82) is 0 Å². The average molecular weight is 298 g/mol. The van der Waals surface area contributed by atoms with Crippen LogP contribution in [0.2, 0.25) is 0 Å². The van der Waals surface area contributed by atoms with Gasteiger partial charge in [0.25, 0.3) is 0 Å². The summed E-state index contributed by atoms with van der Waals surface area (Å²) in [5.41, 5.74) is -0.157. The molecule has 0 saturated heterocycles. The summed E-state index contributed by atoms with van der Waals surface area (Å²) in [5.74, 6) is 0.0799. The summed E-state index contributed by atoms with van der Waals surface area (Å²) >= 11 is 1.11. The first kappa shape index (κ1) is 16.6. The number of ketones is 1. The molecule has 1 aromatic rings. The highest BCUT2D eigenvalue weighted by Crippen LogP contribution is 2.26. The lowest BCUT2D eigenvalue weighted by molar-refractivity contribution is 0.0687. The van der Waals surface area contributed by atoms with Crippen molar-refractivity contribution in [1.82, 2.24) is 4.98 Å². The fourth-order valence-electron chi connectivity index (χ4n) is 2.23. The molecule has 0 radical (unpaired) electrons. The van der Waals surface area contributed by atoms with E-state index >= 15 is 0 Å². The van der Waals surface area contributed by atoms with Gasteiger partial charge in [0.2, 0.25) is 0 Å². The Hall–Kier alpha value is -1.43. The van der Waals surface area contributed by atoms with Crippen LogP contribution in [0.15, 0.2) is 0 Å². The van der Waals surface area contributed by atoms with Crippen LogP contribution in [0.4, 0.5) is 5.13 Å². The number of carboxylic acids is 1. The number of anilines is 1. The Kier molecular flexibility index (Phi) is 5.68. The minimum atomic E-state index is -1.16. The highest BCUT2D eigenvalue weighted by atomic mass is 32.1. The van der Waals surface area contributed by atoms with Gasteiger partial charge in [-0.3, -0.25) is 4.79 Å². The molecule has 6 heteroatoms. The van der Waals surface area contributed by atoms with Crippen molar-refractivity contribution >= 4 is 28.2 Å². The Labute approximate surface area is 123 Å². The minimum absolute atomic E-state index is 0.157. The number of carbonyl (C=O) groups excluding carboxylic acids is 1. The predicted molar refractivity (Wildman–Crippen MR) is 80.7 cm³/mol. The number of carbonyl (C=O) groups is 2. The monoisotopic (exact) mass is 298 g/mol. The molecule has 0 aromatic carbocycles. The molecule has 0 fully saturated rings. The summed E-state index contributed by atoms with van der Waals surface area (Å²) < 4.78 is 0. The number of nitrogens with one attached hydrogen (secondary N) is 1. The number of rotatable bonds is 7. The topological polar surface area (TPSA) is 79.3 Å². The van der Waals surface area contributed by atoms with Crippen molar-refractivity contribution < 1.29 is 14.7 Å². The lowest BCUT2D eigenvalue weighted by Crippen LogP contribution is -2.24. The predicted octanol–water partition coefficient (Wildman–Crippen LogP) is 3.38. The number of hydrogen-bond donors (Lipinski definition) is 2. The molecule has 0 aliphatic heterocycles. The Morgan fingerprint density at radius 3 is 2.15 bits per heavy atom. The van der Waals surface area contributed by atoms with Crippen LogP contribution < -0.4 is 5.32 Å². The van der Waals surface area contributed by atoms with Crippen LogP contribution in [0.3, 0.4) is 0 Å². The van der Waals surface area contributed by atoms with Crippen molar-refractivity contribution in [3.63, 3.8) is 0 Å². The van der Waals surface area contributed by atoms with Gasteiger partial charge in [-0.05, 0) is 17.8 Å². The zero-order valence-corrected chi connectivity index (χ0v) is 13.4. The molecule has 0 amide bonds. The summed E-state index contributed by atoms with van der Waals surface area (Å²) in [5, 5.41) is 12.7. The Balaban J connectivity index is 2.86. The first-order valence-corrected chi connectivity index (χ1v) is 7.54. The molecule has 5 nitrogen and oxygen atoms in total. The van der Waals surface area contributed by atoms with E-state index in [0.29, 0.717) is 22.9 Å². The van der Waals surface area contributed by atoms with E-state index in [2.05, 4.69) is 38.0 Å². The van der Waals surface area contributed by atoms with Crippen LogP contribution in [0.25, 0.3) is 0 Å². The quantitative estimate of drug-likeness (QED) is 0.754. The summed E-state index contributed by atoms with van der Waals surface area (Å²) in [6, 6.07) is 0. The molecular weight excluding hydrogens is 276 g/mol. The van der Waals surface area contributed by atoms with Gasteiger partial charge in [-0.2, -0.15) is 0 Å². The number of aromatic carboxylic acids is 1. The van der Waals surface area contributed by atoms with Crippen molar-refractivity contribution in [3.05, 3.63) is 10.6 Å². The van der Waals surface area contributed by atoms with Crippen molar-refractivity contribution in [2.24, 2.45) is 17.8 Å². The molecule has 0 aliphatic carbocycles. The zero-order chi connectivity index (χ0) is 15.4. The standard InChI is InChI=1S/C14H22N2O3S/c1-7(2)10(8(3)4)6-15-14-16-11(13(18)19)12(20-14)9(5)17/h7-8,10H,6H2,1-5H3,(H,15,16)(H,18,19). The number of thiazole rings is 1. The number of Topliss-reactive ketones (excluding diaryl/α,β-unsaturated/α-hetero) is 1. The normalized spacial score (nSPS) is 11.4. The van der Waals surface area contributed by atoms with Gasteiger partial charge in [0.15, 0.2) is 16.6 Å². The SMILES string of the molecule is CC(=O)c1sc(NCC(C(C)C)C(C)C)nc1C(=O)O. The average Bonchev–Trinajstić information content (AvgIpc) is 2.72. The summed E-state index contributed by atoms with van der Waals surface area (Å²) in [7, 11) is 0. The fourth-order valence-corrected chi connectivity index (χ4v) is 3.08. The van der Waals surface area contributed by atoms with Gasteiger partial charge in [-0.25, -0.2) is 9.78 Å². The highest BCUT2D eigenvalue weighted by molar-refractivity contribution is 7.17. The molecule has 1 aromatic heterocycles. The van der Waals surface area contributed by atoms with Gasteiger partial charge in [0.1, 0.15) is 4.88 Å². The molecule has 1 heterocycles. The van der Waals surface area contributed by atoms with Crippen molar-refractivity contribution in [2.45, 2.75) is 34.6 Å². The van der Waals surface area contributed by atoms with Crippen LogP contribution in [-0.2, 0) is 0 Å². The second kappa shape index (κ2) is 6.83. The maximum Gasteiger partial charge on any atom is 0.356 e. The molecule has 0 atom stereocenters. The third-order valence-corrected chi connectivity index (χ3v) is 4.47. The number of aromatic nitrogens is 1. The van der Waals surface area contributed by atoms with E-state index < -0.39 is 5.97 Å². The van der Waals surface area contributed by atoms with Crippen LogP contribution in [0.1, 0.15) is 54.8 Å². The maximum atomic E-state index is 11.4. The zero-order valence-electron chi connectivity index (χ0n) is 12.6. The lowest BCUT2D eigenvalue weighted by atomic mass is 9.86. The first-order valence-electron chi connectivity index (χ1n) is 6.73. The van der Waals surface area contributed by atoms with Crippen LogP contribution in [0, 0.1) is 17.8 Å². The van der Waals surface area contributed by atoms with E-state index in [1.165, 1.54) is 6.92 Å². The maximum absolute atomic E-state index is 11.4. The number of hydrogen-bond acceptors (Lipinski definition) is 5. The Morgan fingerprint density at radius 2 is 1.80 bits per heavy atom. The third-order valence-electron chi connectivity index (χ3n) is 3.35. The van der Waals surface area contributed by atoms with Crippen LogP contribution in [0.5, 0.6) is 0 Å². The number of nitrogens with zero attached hydrogens (tertiary/aromatic N) is 1. The Bertz CT molecular complexity index is 455. The van der Waals surface area contributed by atoms with Gasteiger partial charge in [0, 0.05) is 13.5 Å². The lowest BCUT2D eigenvalue weighted by Gasteiger charge is -2.24. The molecule has 20 heavy (non-hydrogen) atoms. The van der Waals surface area contributed by atoms with E-state index in [0.717, 1.165) is 17.9 Å². The first-order chi connectivity index (χ1) is 9.23. The molecule has 1 rings (SSSR count). The minimum Gasteiger partial charge on any atom is -0.476 e. The molecule has 2 N–H and O–H groups in total. The molecule has 112 valence electrons. The van der Waals surface area contributed by atoms with E-state index in [-0.39, 0.29) is 16.4 Å². The second-order valence-corrected chi connectivity index (χ2v) is 6.59. The van der Waals surface area contributed by atoms with Gasteiger partial charge >= 0.3 is 5.97 Å². The third kappa shape index (κ3) is 4.03. The largest absolute Gasteiger partial charge is 0.476 e.